The van der Waals surface area contributed by atoms with Crippen molar-refractivity contribution in [1.29, 1.82) is 0 Å². The lowest BCUT2D eigenvalue weighted by molar-refractivity contribution is 0.0247. The maximum atomic E-state index is 13.2. The molecule has 1 N–H and O–H groups in total. The SMILES string of the molecule is OCC1(CN2CCC3(CC2)CC3(F)F)CC1. The molecule has 0 amide bonds. The van der Waals surface area contributed by atoms with Crippen LogP contribution in [0.5, 0.6) is 0 Å². The summed E-state index contributed by atoms with van der Waals surface area (Å²) in [6.45, 7) is 2.74. The second kappa shape index (κ2) is 3.16. The lowest BCUT2D eigenvalue weighted by Crippen LogP contribution is -2.40. The molecule has 0 atom stereocenters. The molecule has 3 fully saturated rings. The monoisotopic (exact) mass is 231 g/mol. The van der Waals surface area contributed by atoms with Gasteiger partial charge in [-0.1, -0.05) is 0 Å². The largest absolute Gasteiger partial charge is 0.396 e. The van der Waals surface area contributed by atoms with Gasteiger partial charge in [0, 0.05) is 30.4 Å². The first-order chi connectivity index (χ1) is 7.51. The molecule has 3 aliphatic rings. The number of piperidine rings is 1. The molecule has 2 aliphatic carbocycles. The topological polar surface area (TPSA) is 23.5 Å². The number of alkyl halides is 2. The molecule has 1 heterocycles. The van der Waals surface area contributed by atoms with Crippen LogP contribution in [0.3, 0.4) is 0 Å². The van der Waals surface area contributed by atoms with E-state index >= 15 is 0 Å². The highest BCUT2D eigenvalue weighted by Gasteiger charge is 2.70. The molecule has 0 unspecified atom stereocenters. The molecule has 0 aromatic rings. The van der Waals surface area contributed by atoms with Crippen molar-refractivity contribution in [3.8, 4) is 0 Å². The van der Waals surface area contributed by atoms with Crippen LogP contribution in [0.2, 0.25) is 0 Å². The molecule has 3 rings (SSSR count). The number of nitrogens with zero attached hydrogens (tertiary/aromatic N) is 1. The first-order valence-electron chi connectivity index (χ1n) is 6.22. The fourth-order valence-electron chi connectivity index (χ4n) is 3.08. The molecule has 4 heteroatoms. The van der Waals surface area contributed by atoms with Crippen molar-refractivity contribution in [2.45, 2.75) is 38.0 Å². The fraction of sp³-hybridized carbons (Fsp3) is 1.00. The molecule has 1 aliphatic heterocycles. The van der Waals surface area contributed by atoms with Gasteiger partial charge in [0.05, 0.1) is 0 Å². The fourth-order valence-corrected chi connectivity index (χ4v) is 3.08. The van der Waals surface area contributed by atoms with E-state index in [2.05, 4.69) is 4.90 Å². The Morgan fingerprint density at radius 1 is 1.06 bits per heavy atom. The molecule has 92 valence electrons. The van der Waals surface area contributed by atoms with E-state index in [-0.39, 0.29) is 18.4 Å². The summed E-state index contributed by atoms with van der Waals surface area (Å²) in [6, 6.07) is 0. The number of aliphatic hydroxyl groups is 1. The van der Waals surface area contributed by atoms with E-state index in [1.165, 1.54) is 0 Å². The van der Waals surface area contributed by atoms with Crippen LogP contribution in [0, 0.1) is 10.8 Å². The van der Waals surface area contributed by atoms with Gasteiger partial charge in [0.25, 0.3) is 5.92 Å². The summed E-state index contributed by atoms with van der Waals surface area (Å²) < 4.78 is 26.3. The van der Waals surface area contributed by atoms with Gasteiger partial charge in [0.2, 0.25) is 0 Å². The van der Waals surface area contributed by atoms with Crippen molar-refractivity contribution in [2.24, 2.45) is 10.8 Å². The van der Waals surface area contributed by atoms with Gasteiger partial charge in [-0.05, 0) is 38.8 Å². The molecule has 0 aromatic heterocycles. The number of hydrogen-bond acceptors (Lipinski definition) is 2. The molecule has 2 nitrogen and oxygen atoms in total. The van der Waals surface area contributed by atoms with E-state index in [1.807, 2.05) is 0 Å². The zero-order valence-electron chi connectivity index (χ0n) is 9.51. The minimum atomic E-state index is -2.38. The lowest BCUT2D eigenvalue weighted by Gasteiger charge is -2.34. The Morgan fingerprint density at radius 2 is 1.62 bits per heavy atom. The van der Waals surface area contributed by atoms with Gasteiger partial charge in [-0.15, -0.1) is 0 Å². The van der Waals surface area contributed by atoms with Crippen molar-refractivity contribution in [1.82, 2.24) is 4.90 Å². The summed E-state index contributed by atoms with van der Waals surface area (Å²) in [5, 5.41) is 9.24. The van der Waals surface area contributed by atoms with Gasteiger partial charge in [0.15, 0.2) is 0 Å². The van der Waals surface area contributed by atoms with Crippen LogP contribution in [0.25, 0.3) is 0 Å². The van der Waals surface area contributed by atoms with E-state index in [0.29, 0.717) is 12.8 Å². The lowest BCUT2D eigenvalue weighted by atomic mass is 9.92. The summed E-state index contributed by atoms with van der Waals surface area (Å²) in [4.78, 5) is 2.27. The second-order valence-electron chi connectivity index (χ2n) is 6.10. The molecule has 1 spiro atoms. The van der Waals surface area contributed by atoms with Crippen LogP contribution in [0.15, 0.2) is 0 Å². The minimum Gasteiger partial charge on any atom is -0.396 e. The average Bonchev–Trinajstić information content (AvgIpc) is 3.11. The quantitative estimate of drug-likeness (QED) is 0.801. The Balaban J connectivity index is 1.52. The second-order valence-corrected chi connectivity index (χ2v) is 6.10. The Labute approximate surface area is 94.6 Å². The van der Waals surface area contributed by atoms with Gasteiger partial charge in [-0.2, -0.15) is 0 Å². The molecule has 16 heavy (non-hydrogen) atoms. The van der Waals surface area contributed by atoms with Crippen LogP contribution < -0.4 is 0 Å². The average molecular weight is 231 g/mol. The number of aliphatic hydroxyl groups excluding tert-OH is 1. The molecule has 0 radical (unpaired) electrons. The van der Waals surface area contributed by atoms with Crippen molar-refractivity contribution >= 4 is 0 Å². The zero-order chi connectivity index (χ0) is 11.4. The zero-order valence-corrected chi connectivity index (χ0v) is 9.51. The summed E-state index contributed by atoms with van der Waals surface area (Å²) >= 11 is 0. The Hall–Kier alpha value is -0.220. The minimum absolute atomic E-state index is 0.110. The molecule has 0 aromatic carbocycles. The maximum Gasteiger partial charge on any atom is 0.254 e. The van der Waals surface area contributed by atoms with Gasteiger partial charge in [-0.25, -0.2) is 8.78 Å². The van der Waals surface area contributed by atoms with Crippen LogP contribution in [-0.2, 0) is 0 Å². The number of halogens is 2. The molecular formula is C12H19F2NO. The Bertz CT molecular complexity index is 293. The van der Waals surface area contributed by atoms with Crippen LogP contribution in [0.4, 0.5) is 8.78 Å². The Kier molecular flexibility index (Phi) is 2.16. The predicted octanol–water partition coefficient (Wildman–Crippen LogP) is 1.88. The third-order valence-electron chi connectivity index (χ3n) is 4.88. The third kappa shape index (κ3) is 1.58. The highest BCUT2D eigenvalue weighted by atomic mass is 19.3. The van der Waals surface area contributed by atoms with Crippen molar-refractivity contribution in [2.75, 3.05) is 26.2 Å². The summed E-state index contributed by atoms with van der Waals surface area (Å²) in [7, 11) is 0. The maximum absolute atomic E-state index is 13.2. The van der Waals surface area contributed by atoms with E-state index in [1.54, 1.807) is 0 Å². The first kappa shape index (κ1) is 10.9. The first-order valence-corrected chi connectivity index (χ1v) is 6.22. The van der Waals surface area contributed by atoms with Crippen molar-refractivity contribution in [3.63, 3.8) is 0 Å². The Morgan fingerprint density at radius 3 is 2.00 bits per heavy atom. The number of likely N-dealkylation sites (tertiary alicyclic amines) is 1. The third-order valence-corrected chi connectivity index (χ3v) is 4.88. The van der Waals surface area contributed by atoms with Crippen LogP contribution in [0.1, 0.15) is 32.1 Å². The summed E-state index contributed by atoms with van der Waals surface area (Å²) in [6.07, 6.45) is 3.59. The smallest absolute Gasteiger partial charge is 0.254 e. The van der Waals surface area contributed by atoms with E-state index in [4.69, 9.17) is 0 Å². The normalized spacial score (nSPS) is 33.9. The van der Waals surface area contributed by atoms with E-state index < -0.39 is 11.3 Å². The standard InChI is InChI=1S/C12H19F2NO/c13-12(14)7-11(12)3-5-15(6-4-11)8-10(9-16)1-2-10/h16H,1-9H2. The van der Waals surface area contributed by atoms with Gasteiger partial charge in [0.1, 0.15) is 0 Å². The van der Waals surface area contributed by atoms with Gasteiger partial charge in [-0.3, -0.25) is 0 Å². The molecule has 2 saturated carbocycles. The highest BCUT2D eigenvalue weighted by Crippen LogP contribution is 2.66. The summed E-state index contributed by atoms with van der Waals surface area (Å²) in [5.41, 5.74) is -0.518. The molecular weight excluding hydrogens is 212 g/mol. The number of hydrogen-bond donors (Lipinski definition) is 1. The van der Waals surface area contributed by atoms with Crippen molar-refractivity contribution < 1.29 is 13.9 Å². The predicted molar refractivity (Wildman–Crippen MR) is 56.4 cm³/mol. The molecule has 1 saturated heterocycles. The van der Waals surface area contributed by atoms with Crippen LogP contribution >= 0.6 is 0 Å². The van der Waals surface area contributed by atoms with E-state index in [0.717, 1.165) is 32.5 Å². The number of rotatable bonds is 3. The van der Waals surface area contributed by atoms with Crippen molar-refractivity contribution in [3.05, 3.63) is 0 Å². The van der Waals surface area contributed by atoms with Gasteiger partial charge < -0.3 is 10.0 Å². The molecule has 0 bridgehead atoms. The highest BCUT2D eigenvalue weighted by molar-refractivity contribution is 5.12. The van der Waals surface area contributed by atoms with Crippen LogP contribution in [-0.4, -0.2) is 42.2 Å². The van der Waals surface area contributed by atoms with Gasteiger partial charge >= 0.3 is 0 Å². The summed E-state index contributed by atoms with van der Waals surface area (Å²) in [5.74, 6) is -2.38. The van der Waals surface area contributed by atoms with E-state index in [9.17, 15) is 13.9 Å².